The van der Waals surface area contributed by atoms with Gasteiger partial charge in [-0.05, 0) is 67.3 Å². The molecule has 0 radical (unpaired) electrons. The molecule has 0 aliphatic heterocycles. The lowest BCUT2D eigenvalue weighted by molar-refractivity contribution is 0.379. The van der Waals surface area contributed by atoms with Gasteiger partial charge in [-0.25, -0.2) is 13.4 Å². The molecular weight excluding hydrogens is 474 g/mol. The molecule has 0 fully saturated rings. The molecule has 0 spiro atoms. The molecule has 1 aromatic heterocycles. The Labute approximate surface area is 211 Å². The Hall–Kier alpha value is -3.49. The fourth-order valence-corrected chi connectivity index (χ4v) is 5.40. The summed E-state index contributed by atoms with van der Waals surface area (Å²) in [6.07, 6.45) is 0. The summed E-state index contributed by atoms with van der Waals surface area (Å²) in [5.41, 5.74) is 2.50. The Bertz CT molecular complexity index is 1580. The van der Waals surface area contributed by atoms with Crippen LogP contribution in [0.1, 0.15) is 50.7 Å². The third kappa shape index (κ3) is 4.66. The highest BCUT2D eigenvalue weighted by Crippen LogP contribution is 2.29. The second-order valence-electron chi connectivity index (χ2n) is 10.1. The van der Waals surface area contributed by atoms with Crippen LogP contribution in [0.4, 0.5) is 0 Å². The highest BCUT2D eigenvalue weighted by atomic mass is 32.2. The number of fused-ring (bicyclic) bond motifs is 1. The molecular formula is C28H31N3O4S. The van der Waals surface area contributed by atoms with E-state index in [1.54, 1.807) is 37.3 Å². The van der Waals surface area contributed by atoms with Crippen molar-refractivity contribution in [1.82, 2.24) is 13.9 Å². The SMILES string of the molecule is Cc1ccc(-n2c(C(C)N(C)S(=O)(=O)c3ccc(C(C)(C)C)cc3)nc3ccc(O)cc3c2=O)cc1. The van der Waals surface area contributed by atoms with E-state index in [-0.39, 0.29) is 32.8 Å². The molecule has 8 heteroatoms. The van der Waals surface area contributed by atoms with Gasteiger partial charge < -0.3 is 5.11 Å². The second kappa shape index (κ2) is 9.19. The Balaban J connectivity index is 1.86. The van der Waals surface area contributed by atoms with E-state index in [0.29, 0.717) is 11.2 Å². The Morgan fingerprint density at radius 2 is 1.58 bits per heavy atom. The second-order valence-corrected chi connectivity index (χ2v) is 12.1. The third-order valence-corrected chi connectivity index (χ3v) is 8.43. The molecule has 0 saturated carbocycles. The van der Waals surface area contributed by atoms with Crippen molar-refractivity contribution >= 4 is 20.9 Å². The van der Waals surface area contributed by atoms with Crippen molar-refractivity contribution in [3.05, 3.63) is 94.0 Å². The van der Waals surface area contributed by atoms with Gasteiger partial charge in [-0.15, -0.1) is 0 Å². The van der Waals surface area contributed by atoms with Gasteiger partial charge in [0.05, 0.1) is 27.5 Å². The number of sulfonamides is 1. The minimum absolute atomic E-state index is 0.0453. The van der Waals surface area contributed by atoms with Crippen LogP contribution in [-0.2, 0) is 15.4 Å². The van der Waals surface area contributed by atoms with Crippen LogP contribution < -0.4 is 5.56 Å². The average molecular weight is 506 g/mol. The van der Waals surface area contributed by atoms with Gasteiger partial charge >= 0.3 is 0 Å². The zero-order valence-electron chi connectivity index (χ0n) is 21.4. The summed E-state index contributed by atoms with van der Waals surface area (Å²) in [6, 6.07) is 17.8. The molecule has 0 saturated heterocycles. The fraction of sp³-hybridized carbons (Fsp3) is 0.286. The highest BCUT2D eigenvalue weighted by molar-refractivity contribution is 7.89. The zero-order chi connectivity index (χ0) is 26.4. The predicted octanol–water partition coefficient (Wildman–Crippen LogP) is 5.08. The van der Waals surface area contributed by atoms with E-state index >= 15 is 0 Å². The predicted molar refractivity (Wildman–Crippen MR) is 142 cm³/mol. The summed E-state index contributed by atoms with van der Waals surface area (Å²) < 4.78 is 29.8. The van der Waals surface area contributed by atoms with Crippen molar-refractivity contribution in [3.63, 3.8) is 0 Å². The van der Waals surface area contributed by atoms with Gasteiger partial charge in [0, 0.05) is 7.05 Å². The van der Waals surface area contributed by atoms with E-state index in [4.69, 9.17) is 4.98 Å². The van der Waals surface area contributed by atoms with E-state index in [2.05, 4.69) is 20.8 Å². The summed E-state index contributed by atoms with van der Waals surface area (Å²) in [4.78, 5) is 18.5. The topological polar surface area (TPSA) is 92.5 Å². The Morgan fingerprint density at radius 1 is 0.972 bits per heavy atom. The van der Waals surface area contributed by atoms with E-state index in [9.17, 15) is 18.3 Å². The summed E-state index contributed by atoms with van der Waals surface area (Å²) >= 11 is 0. The number of phenolic OH excluding ortho intramolecular Hbond substituents is 1. The summed E-state index contributed by atoms with van der Waals surface area (Å²) in [7, 11) is -2.40. The largest absolute Gasteiger partial charge is 0.508 e. The summed E-state index contributed by atoms with van der Waals surface area (Å²) in [6.45, 7) is 9.86. The maximum absolute atomic E-state index is 13.6. The highest BCUT2D eigenvalue weighted by Gasteiger charge is 2.30. The monoisotopic (exact) mass is 505 g/mol. The summed E-state index contributed by atoms with van der Waals surface area (Å²) in [5, 5.41) is 10.2. The molecule has 1 heterocycles. The van der Waals surface area contributed by atoms with Crippen LogP contribution in [0.25, 0.3) is 16.6 Å². The van der Waals surface area contributed by atoms with Gasteiger partial charge in [-0.1, -0.05) is 50.6 Å². The number of aromatic hydroxyl groups is 1. The molecule has 1 atom stereocenters. The van der Waals surface area contributed by atoms with Crippen molar-refractivity contribution in [1.29, 1.82) is 0 Å². The van der Waals surface area contributed by atoms with Gasteiger partial charge in [0.25, 0.3) is 5.56 Å². The molecule has 3 aromatic carbocycles. The molecule has 7 nitrogen and oxygen atoms in total. The van der Waals surface area contributed by atoms with Gasteiger partial charge in [0.2, 0.25) is 10.0 Å². The van der Waals surface area contributed by atoms with Crippen molar-refractivity contribution in [2.45, 2.75) is 51.0 Å². The van der Waals surface area contributed by atoms with E-state index < -0.39 is 16.1 Å². The molecule has 4 aromatic rings. The van der Waals surface area contributed by atoms with Crippen LogP contribution in [0.15, 0.2) is 76.4 Å². The first-order valence-electron chi connectivity index (χ1n) is 11.7. The van der Waals surface area contributed by atoms with Gasteiger partial charge in [0.1, 0.15) is 11.6 Å². The lowest BCUT2D eigenvalue weighted by atomic mass is 9.87. The molecule has 0 bridgehead atoms. The molecule has 188 valence electrons. The maximum Gasteiger partial charge on any atom is 0.266 e. The Morgan fingerprint density at radius 3 is 2.17 bits per heavy atom. The first-order chi connectivity index (χ1) is 16.8. The molecule has 4 rings (SSSR count). The number of hydrogen-bond acceptors (Lipinski definition) is 5. The molecule has 0 aliphatic carbocycles. The quantitative estimate of drug-likeness (QED) is 0.408. The normalized spacial score (nSPS) is 13.3. The van der Waals surface area contributed by atoms with E-state index in [0.717, 1.165) is 11.1 Å². The van der Waals surface area contributed by atoms with Crippen molar-refractivity contribution in [2.24, 2.45) is 0 Å². The number of aromatic nitrogens is 2. The zero-order valence-corrected chi connectivity index (χ0v) is 22.2. The molecule has 36 heavy (non-hydrogen) atoms. The molecule has 1 unspecified atom stereocenters. The number of aryl methyl sites for hydroxylation is 1. The van der Waals surface area contributed by atoms with Gasteiger partial charge in [-0.3, -0.25) is 9.36 Å². The number of phenols is 1. The fourth-order valence-electron chi connectivity index (χ4n) is 4.08. The van der Waals surface area contributed by atoms with Crippen molar-refractivity contribution < 1.29 is 13.5 Å². The maximum atomic E-state index is 13.6. The van der Waals surface area contributed by atoms with Crippen molar-refractivity contribution in [2.75, 3.05) is 7.05 Å². The van der Waals surface area contributed by atoms with Gasteiger partial charge in [0.15, 0.2) is 0 Å². The number of hydrogen-bond donors (Lipinski definition) is 1. The first-order valence-corrected chi connectivity index (χ1v) is 13.2. The number of rotatable bonds is 5. The average Bonchev–Trinajstić information content (AvgIpc) is 2.83. The summed E-state index contributed by atoms with van der Waals surface area (Å²) in [5.74, 6) is 0.232. The van der Waals surface area contributed by atoms with Crippen LogP contribution in [0.5, 0.6) is 5.75 Å². The molecule has 1 N–H and O–H groups in total. The van der Waals surface area contributed by atoms with E-state index in [1.165, 1.54) is 28.1 Å². The van der Waals surface area contributed by atoms with Crippen LogP contribution in [0, 0.1) is 6.92 Å². The van der Waals surface area contributed by atoms with Crippen LogP contribution >= 0.6 is 0 Å². The van der Waals surface area contributed by atoms with Crippen molar-refractivity contribution in [3.8, 4) is 11.4 Å². The minimum Gasteiger partial charge on any atom is -0.508 e. The van der Waals surface area contributed by atoms with Crippen LogP contribution in [0.3, 0.4) is 0 Å². The number of nitrogens with zero attached hydrogens (tertiary/aromatic N) is 3. The smallest absolute Gasteiger partial charge is 0.266 e. The standard InChI is InChI=1S/C28H31N3O4S/c1-18-7-11-21(12-8-18)31-26(29-25-16-13-22(32)17-24(25)27(31)33)19(2)30(6)36(34,35)23-14-9-20(10-15-23)28(3,4)5/h7-17,19,32H,1-6H3. The third-order valence-electron chi connectivity index (χ3n) is 6.49. The van der Waals surface area contributed by atoms with Gasteiger partial charge in [-0.2, -0.15) is 4.31 Å². The van der Waals surface area contributed by atoms with Crippen LogP contribution in [-0.4, -0.2) is 34.4 Å². The minimum atomic E-state index is -3.89. The Kier molecular flexibility index (Phi) is 6.53. The number of benzene rings is 3. The molecule has 0 amide bonds. The van der Waals surface area contributed by atoms with E-state index in [1.807, 2.05) is 31.2 Å². The van der Waals surface area contributed by atoms with Crippen LogP contribution in [0.2, 0.25) is 0 Å². The molecule has 0 aliphatic rings. The lowest BCUT2D eigenvalue weighted by Gasteiger charge is -2.27. The lowest BCUT2D eigenvalue weighted by Crippen LogP contribution is -2.35. The first kappa shape index (κ1) is 25.6.